The summed E-state index contributed by atoms with van der Waals surface area (Å²) < 4.78 is 17.5. The van der Waals surface area contributed by atoms with Gasteiger partial charge in [0.15, 0.2) is 0 Å². The minimum absolute atomic E-state index is 0.0671. The first-order valence-electron chi connectivity index (χ1n) is 7.75. The molecule has 0 unspecified atom stereocenters. The molecule has 0 heterocycles. The highest BCUT2D eigenvalue weighted by atomic mass is 19.1. The number of ether oxygens (including phenoxy) is 1. The second-order valence-electron chi connectivity index (χ2n) is 5.78. The smallest absolute Gasteiger partial charge is 0.305 e. The van der Waals surface area contributed by atoms with Crippen molar-refractivity contribution in [2.75, 3.05) is 0 Å². The van der Waals surface area contributed by atoms with Crippen LogP contribution >= 0.6 is 0 Å². The van der Waals surface area contributed by atoms with Crippen molar-refractivity contribution in [1.29, 1.82) is 0 Å². The van der Waals surface area contributed by atoms with Gasteiger partial charge in [-0.05, 0) is 36.0 Å². The molecule has 120 valence electrons. The molecule has 0 N–H and O–H groups in total. The predicted molar refractivity (Wildman–Crippen MR) is 85.6 cm³/mol. The van der Waals surface area contributed by atoms with Crippen molar-refractivity contribution in [3.8, 4) is 0 Å². The molecule has 21 heavy (non-hydrogen) atoms. The van der Waals surface area contributed by atoms with Gasteiger partial charge >= 0.3 is 5.97 Å². The molecule has 0 bridgehead atoms. The Morgan fingerprint density at radius 1 is 1.05 bits per heavy atom. The molecule has 0 amide bonds. The number of aryl methyl sites for hydroxylation is 1. The zero-order valence-corrected chi connectivity index (χ0v) is 14.2. The zero-order valence-electron chi connectivity index (χ0n) is 14.2. The van der Waals surface area contributed by atoms with Gasteiger partial charge in [-0.3, -0.25) is 4.79 Å². The molecule has 0 fully saturated rings. The van der Waals surface area contributed by atoms with Crippen LogP contribution in [0.4, 0.5) is 4.39 Å². The summed E-state index contributed by atoms with van der Waals surface area (Å²) >= 11 is 0. The van der Waals surface area contributed by atoms with Crippen LogP contribution in [0.2, 0.25) is 0 Å². The molecule has 1 aromatic carbocycles. The molecule has 0 aromatic heterocycles. The average molecular weight is 296 g/mol. The van der Waals surface area contributed by atoms with Gasteiger partial charge < -0.3 is 4.74 Å². The van der Waals surface area contributed by atoms with Crippen molar-refractivity contribution in [3.63, 3.8) is 0 Å². The van der Waals surface area contributed by atoms with Crippen LogP contribution in [-0.4, -0.2) is 12.1 Å². The molecule has 3 heteroatoms. The minimum Gasteiger partial charge on any atom is -0.462 e. The first-order chi connectivity index (χ1) is 9.81. The summed E-state index contributed by atoms with van der Waals surface area (Å²) in [6.45, 7) is 12.2. The molecule has 0 atom stereocenters. The summed E-state index contributed by atoms with van der Waals surface area (Å²) in [5.74, 6) is 0.551. The molecule has 1 aromatic rings. The maximum absolute atomic E-state index is 12.2. The zero-order chi connectivity index (χ0) is 16.4. The molecule has 0 aliphatic rings. The van der Waals surface area contributed by atoms with E-state index in [9.17, 15) is 9.18 Å². The summed E-state index contributed by atoms with van der Waals surface area (Å²) in [5.41, 5.74) is 1.18. The van der Waals surface area contributed by atoms with Crippen LogP contribution in [0.1, 0.15) is 53.5 Å². The maximum atomic E-state index is 12.2. The van der Waals surface area contributed by atoms with E-state index < -0.39 is 0 Å². The largest absolute Gasteiger partial charge is 0.462 e. The van der Waals surface area contributed by atoms with Crippen LogP contribution in [0.5, 0.6) is 0 Å². The summed E-state index contributed by atoms with van der Waals surface area (Å²) in [6.07, 6.45) is 1.51. The number of rotatable bonds is 5. The van der Waals surface area contributed by atoms with Crippen molar-refractivity contribution in [2.45, 2.75) is 60.5 Å². The van der Waals surface area contributed by atoms with E-state index in [0.717, 1.165) is 6.42 Å². The van der Waals surface area contributed by atoms with E-state index in [1.54, 1.807) is 12.1 Å². The highest BCUT2D eigenvalue weighted by Crippen LogP contribution is 2.16. The molecule has 1 rings (SSSR count). The fraction of sp³-hybridized carbons (Fsp3) is 0.611. The van der Waals surface area contributed by atoms with Crippen LogP contribution in [0.25, 0.3) is 0 Å². The molecule has 0 aliphatic carbocycles. The molecule has 0 radical (unpaired) electrons. The van der Waals surface area contributed by atoms with E-state index in [1.807, 2.05) is 13.8 Å². The third-order valence-corrected chi connectivity index (χ3v) is 3.19. The summed E-state index contributed by atoms with van der Waals surface area (Å²) in [7, 11) is 0. The topological polar surface area (TPSA) is 26.3 Å². The molecule has 2 nitrogen and oxygen atoms in total. The lowest BCUT2D eigenvalue weighted by Gasteiger charge is -2.24. The molecule has 0 saturated carbocycles. The van der Waals surface area contributed by atoms with Crippen molar-refractivity contribution in [1.82, 2.24) is 0 Å². The van der Waals surface area contributed by atoms with E-state index >= 15 is 0 Å². The number of hydrogen-bond donors (Lipinski definition) is 0. The quantitative estimate of drug-likeness (QED) is 0.714. The molecule has 0 aliphatic heterocycles. The second kappa shape index (κ2) is 10.4. The fourth-order valence-electron chi connectivity index (χ4n) is 2.00. The first-order valence-corrected chi connectivity index (χ1v) is 7.75. The molecular formula is C18H29FO2. The van der Waals surface area contributed by atoms with Gasteiger partial charge in [0, 0.05) is 6.42 Å². The summed E-state index contributed by atoms with van der Waals surface area (Å²) in [6, 6.07) is 6.57. The van der Waals surface area contributed by atoms with Crippen molar-refractivity contribution in [3.05, 3.63) is 35.6 Å². The van der Waals surface area contributed by atoms with E-state index in [4.69, 9.17) is 4.74 Å². The average Bonchev–Trinajstić information content (AvgIpc) is 2.45. The SMILES string of the molecule is CCC(=O)OC(C(C)C)C(C)C.CCc1ccc(F)cc1. The van der Waals surface area contributed by atoms with Gasteiger partial charge in [0.2, 0.25) is 0 Å². The lowest BCUT2D eigenvalue weighted by Crippen LogP contribution is -2.28. The number of carbonyl (C=O) groups is 1. The van der Waals surface area contributed by atoms with E-state index in [-0.39, 0.29) is 17.9 Å². The monoisotopic (exact) mass is 296 g/mol. The van der Waals surface area contributed by atoms with Crippen LogP contribution in [0.15, 0.2) is 24.3 Å². The van der Waals surface area contributed by atoms with Gasteiger partial charge in [0.05, 0.1) is 0 Å². The predicted octanol–water partition coefficient (Wildman–Crippen LogP) is 5.01. The number of halogens is 1. The first kappa shape index (κ1) is 19.6. The third-order valence-electron chi connectivity index (χ3n) is 3.19. The van der Waals surface area contributed by atoms with Crippen LogP contribution < -0.4 is 0 Å². The van der Waals surface area contributed by atoms with E-state index in [1.165, 1.54) is 17.7 Å². The lowest BCUT2D eigenvalue weighted by atomic mass is 9.96. The number of hydrogen-bond acceptors (Lipinski definition) is 2. The molecule has 0 saturated heterocycles. The maximum Gasteiger partial charge on any atom is 0.305 e. The van der Waals surface area contributed by atoms with Gasteiger partial charge in [0.1, 0.15) is 11.9 Å². The van der Waals surface area contributed by atoms with Crippen LogP contribution in [0, 0.1) is 17.7 Å². The lowest BCUT2D eigenvalue weighted by molar-refractivity contribution is -0.153. The standard InChI is InChI=1S/C10H20O2.C8H9F/c1-6-9(11)12-10(7(2)3)8(4)5;1-2-7-3-5-8(9)6-4-7/h7-8,10H,6H2,1-5H3;3-6H,2H2,1H3. The number of benzene rings is 1. The van der Waals surface area contributed by atoms with Crippen molar-refractivity contribution in [2.24, 2.45) is 11.8 Å². The Hall–Kier alpha value is -1.38. The Labute approximate surface area is 128 Å². The Morgan fingerprint density at radius 3 is 1.86 bits per heavy atom. The Morgan fingerprint density at radius 2 is 1.52 bits per heavy atom. The number of carbonyl (C=O) groups excluding carboxylic acids is 1. The van der Waals surface area contributed by atoms with E-state index in [0.29, 0.717) is 18.3 Å². The Balaban J connectivity index is 0.000000394. The fourth-order valence-corrected chi connectivity index (χ4v) is 2.00. The van der Waals surface area contributed by atoms with Crippen LogP contribution in [0.3, 0.4) is 0 Å². The highest BCUT2D eigenvalue weighted by molar-refractivity contribution is 5.69. The van der Waals surface area contributed by atoms with Gasteiger partial charge in [-0.1, -0.05) is 53.7 Å². The minimum atomic E-state index is -0.160. The van der Waals surface area contributed by atoms with Gasteiger partial charge in [0.25, 0.3) is 0 Å². The van der Waals surface area contributed by atoms with Gasteiger partial charge in [-0.15, -0.1) is 0 Å². The third kappa shape index (κ3) is 8.49. The number of esters is 1. The summed E-state index contributed by atoms with van der Waals surface area (Å²) in [5, 5.41) is 0. The molecule has 0 spiro atoms. The Kier molecular flexibility index (Phi) is 9.68. The van der Waals surface area contributed by atoms with Crippen molar-refractivity contribution >= 4 is 5.97 Å². The summed E-state index contributed by atoms with van der Waals surface area (Å²) in [4.78, 5) is 11.0. The normalized spacial score (nSPS) is 10.6. The van der Waals surface area contributed by atoms with E-state index in [2.05, 4.69) is 27.7 Å². The van der Waals surface area contributed by atoms with Crippen LogP contribution in [-0.2, 0) is 16.0 Å². The molecular weight excluding hydrogens is 267 g/mol. The Bertz CT molecular complexity index is 388. The van der Waals surface area contributed by atoms with Gasteiger partial charge in [-0.2, -0.15) is 0 Å². The van der Waals surface area contributed by atoms with Crippen molar-refractivity contribution < 1.29 is 13.9 Å². The second-order valence-corrected chi connectivity index (χ2v) is 5.78. The highest BCUT2D eigenvalue weighted by Gasteiger charge is 2.20. The van der Waals surface area contributed by atoms with Gasteiger partial charge in [-0.25, -0.2) is 4.39 Å².